The Hall–Kier alpha value is -3.38. The second kappa shape index (κ2) is 13.1. The molecule has 0 aliphatic rings. The molecule has 0 saturated heterocycles. The van der Waals surface area contributed by atoms with Crippen molar-refractivity contribution in [3.63, 3.8) is 0 Å². The van der Waals surface area contributed by atoms with Gasteiger partial charge in [-0.25, -0.2) is 0 Å². The first-order valence-electron chi connectivity index (χ1n) is 10.9. The Morgan fingerprint density at radius 2 is 1.69 bits per heavy atom. The number of aromatic nitrogens is 1. The summed E-state index contributed by atoms with van der Waals surface area (Å²) in [6, 6.07) is 24.1. The molecule has 2 N–H and O–H groups in total. The van der Waals surface area contributed by atoms with E-state index in [1.165, 1.54) is 5.56 Å². The summed E-state index contributed by atoms with van der Waals surface area (Å²) in [5, 5.41) is 6.71. The van der Waals surface area contributed by atoms with Gasteiger partial charge in [-0.15, -0.1) is 0 Å². The minimum absolute atomic E-state index is 0.368. The maximum Gasteiger partial charge on any atom is 0.191 e. The van der Waals surface area contributed by atoms with Gasteiger partial charge in [0.25, 0.3) is 0 Å². The van der Waals surface area contributed by atoms with Crippen LogP contribution in [0.1, 0.15) is 23.7 Å². The molecule has 1 unspecified atom stereocenters. The molecule has 0 radical (unpaired) electrons. The Labute approximate surface area is 190 Å². The number of nitrogens with one attached hydrogen (secondary N) is 2. The second-order valence-electron chi connectivity index (χ2n) is 7.67. The van der Waals surface area contributed by atoms with Crippen LogP contribution in [0.5, 0.6) is 5.75 Å². The first kappa shape index (κ1) is 23.3. The smallest absolute Gasteiger partial charge is 0.191 e. The first-order chi connectivity index (χ1) is 15.7. The standard InChI is InChI=1S/C26H32N4O2/c1-21(18-31-19-23-8-4-3-5-9-23)16-29-26(27-2)30-17-22-11-13-25(14-12-22)32-20-24-10-6-7-15-28-24/h3-15,21H,16-20H2,1-2H3,(H2,27,29,30). The van der Waals surface area contributed by atoms with Gasteiger partial charge >= 0.3 is 0 Å². The lowest BCUT2D eigenvalue weighted by Crippen LogP contribution is -2.39. The fourth-order valence-corrected chi connectivity index (χ4v) is 3.03. The van der Waals surface area contributed by atoms with Crippen molar-refractivity contribution in [2.75, 3.05) is 20.2 Å². The maximum absolute atomic E-state index is 5.82. The van der Waals surface area contributed by atoms with Gasteiger partial charge in [0, 0.05) is 26.3 Å². The zero-order valence-corrected chi connectivity index (χ0v) is 18.8. The van der Waals surface area contributed by atoms with Crippen LogP contribution in [0.15, 0.2) is 84.0 Å². The van der Waals surface area contributed by atoms with Crippen molar-refractivity contribution in [3.05, 3.63) is 95.8 Å². The molecular weight excluding hydrogens is 400 g/mol. The van der Waals surface area contributed by atoms with Crippen LogP contribution in [0.4, 0.5) is 0 Å². The Kier molecular flexibility index (Phi) is 9.55. The molecule has 0 bridgehead atoms. The number of guanidine groups is 1. The van der Waals surface area contributed by atoms with Crippen LogP contribution in [0.3, 0.4) is 0 Å². The lowest BCUT2D eigenvalue weighted by atomic mass is 10.2. The Morgan fingerprint density at radius 3 is 2.41 bits per heavy atom. The van der Waals surface area contributed by atoms with E-state index in [9.17, 15) is 0 Å². The van der Waals surface area contributed by atoms with Gasteiger partial charge < -0.3 is 20.1 Å². The van der Waals surface area contributed by atoms with Crippen LogP contribution in [-0.2, 0) is 24.5 Å². The van der Waals surface area contributed by atoms with Crippen molar-refractivity contribution in [1.82, 2.24) is 15.6 Å². The van der Waals surface area contributed by atoms with Crippen LogP contribution >= 0.6 is 0 Å². The van der Waals surface area contributed by atoms with Gasteiger partial charge in [-0.05, 0) is 41.3 Å². The molecule has 0 saturated carbocycles. The first-order valence-corrected chi connectivity index (χ1v) is 10.9. The number of ether oxygens (including phenoxy) is 2. The van der Waals surface area contributed by atoms with Crippen molar-refractivity contribution < 1.29 is 9.47 Å². The van der Waals surface area contributed by atoms with E-state index in [0.717, 1.165) is 29.5 Å². The minimum Gasteiger partial charge on any atom is -0.487 e. The van der Waals surface area contributed by atoms with Gasteiger partial charge in [0.15, 0.2) is 5.96 Å². The molecule has 1 heterocycles. The van der Waals surface area contributed by atoms with Crippen molar-refractivity contribution >= 4 is 5.96 Å². The highest BCUT2D eigenvalue weighted by molar-refractivity contribution is 5.79. The van der Waals surface area contributed by atoms with E-state index in [-0.39, 0.29) is 0 Å². The molecule has 1 atom stereocenters. The highest BCUT2D eigenvalue weighted by atomic mass is 16.5. The van der Waals surface area contributed by atoms with E-state index in [0.29, 0.717) is 32.3 Å². The van der Waals surface area contributed by atoms with E-state index in [1.807, 2.05) is 60.7 Å². The van der Waals surface area contributed by atoms with Crippen molar-refractivity contribution in [1.29, 1.82) is 0 Å². The van der Waals surface area contributed by atoms with Crippen LogP contribution in [0.2, 0.25) is 0 Å². The van der Waals surface area contributed by atoms with E-state index in [1.54, 1.807) is 13.2 Å². The van der Waals surface area contributed by atoms with Crippen LogP contribution in [0.25, 0.3) is 0 Å². The largest absolute Gasteiger partial charge is 0.487 e. The fraction of sp³-hybridized carbons (Fsp3) is 0.308. The van der Waals surface area contributed by atoms with Crippen molar-refractivity contribution in [3.8, 4) is 5.75 Å². The summed E-state index contributed by atoms with van der Waals surface area (Å²) in [6.45, 7) is 5.42. The molecular formula is C26H32N4O2. The highest BCUT2D eigenvalue weighted by Gasteiger charge is 2.05. The molecule has 3 rings (SSSR count). The number of aliphatic imine (C=N–C) groups is 1. The maximum atomic E-state index is 5.82. The summed E-state index contributed by atoms with van der Waals surface area (Å²) in [4.78, 5) is 8.57. The third kappa shape index (κ3) is 8.40. The third-order valence-electron chi connectivity index (χ3n) is 4.85. The van der Waals surface area contributed by atoms with Gasteiger partial charge in [-0.1, -0.05) is 55.5 Å². The molecule has 3 aromatic rings. The highest BCUT2D eigenvalue weighted by Crippen LogP contribution is 2.13. The van der Waals surface area contributed by atoms with Crippen LogP contribution < -0.4 is 15.4 Å². The molecule has 2 aromatic carbocycles. The predicted octanol–water partition coefficient (Wildman–Crippen LogP) is 4.18. The lowest BCUT2D eigenvalue weighted by Gasteiger charge is -2.16. The summed E-state index contributed by atoms with van der Waals surface area (Å²) < 4.78 is 11.6. The molecule has 6 heteroatoms. The molecule has 0 fully saturated rings. The monoisotopic (exact) mass is 432 g/mol. The Balaban J connectivity index is 1.33. The number of rotatable bonds is 11. The van der Waals surface area contributed by atoms with E-state index < -0.39 is 0 Å². The Bertz CT molecular complexity index is 931. The molecule has 6 nitrogen and oxygen atoms in total. The molecule has 0 aliphatic carbocycles. The van der Waals surface area contributed by atoms with Crippen molar-refractivity contribution in [2.24, 2.45) is 10.9 Å². The average molecular weight is 433 g/mol. The summed E-state index contributed by atoms with van der Waals surface area (Å²) >= 11 is 0. The van der Waals surface area contributed by atoms with Crippen LogP contribution in [-0.4, -0.2) is 31.1 Å². The number of benzene rings is 2. The van der Waals surface area contributed by atoms with E-state index >= 15 is 0 Å². The SMILES string of the molecule is CN=C(NCc1ccc(OCc2ccccn2)cc1)NCC(C)COCc1ccccc1. The van der Waals surface area contributed by atoms with Gasteiger partial charge in [-0.3, -0.25) is 9.98 Å². The molecule has 1 aromatic heterocycles. The molecule has 0 spiro atoms. The molecule has 168 valence electrons. The summed E-state index contributed by atoms with van der Waals surface area (Å²) in [5.41, 5.74) is 3.25. The summed E-state index contributed by atoms with van der Waals surface area (Å²) in [5.74, 6) is 1.97. The molecule has 32 heavy (non-hydrogen) atoms. The number of pyridine rings is 1. The number of hydrogen-bond acceptors (Lipinski definition) is 4. The molecule has 0 aliphatic heterocycles. The van der Waals surface area contributed by atoms with Gasteiger partial charge in [0.2, 0.25) is 0 Å². The second-order valence-corrected chi connectivity index (χ2v) is 7.67. The zero-order valence-electron chi connectivity index (χ0n) is 18.8. The van der Waals surface area contributed by atoms with Gasteiger partial charge in [0.05, 0.1) is 18.9 Å². The summed E-state index contributed by atoms with van der Waals surface area (Å²) in [7, 11) is 1.78. The quantitative estimate of drug-likeness (QED) is 0.351. The van der Waals surface area contributed by atoms with Gasteiger partial charge in [0.1, 0.15) is 12.4 Å². The summed E-state index contributed by atoms with van der Waals surface area (Å²) in [6.07, 6.45) is 1.77. The van der Waals surface area contributed by atoms with E-state index in [2.05, 4.69) is 39.7 Å². The fourth-order valence-electron chi connectivity index (χ4n) is 3.03. The Morgan fingerprint density at radius 1 is 0.906 bits per heavy atom. The number of nitrogens with zero attached hydrogens (tertiary/aromatic N) is 2. The van der Waals surface area contributed by atoms with Crippen molar-refractivity contribution in [2.45, 2.75) is 26.7 Å². The normalized spacial score (nSPS) is 12.2. The average Bonchev–Trinajstić information content (AvgIpc) is 2.85. The third-order valence-corrected chi connectivity index (χ3v) is 4.85. The minimum atomic E-state index is 0.368. The molecule has 0 amide bonds. The number of hydrogen-bond donors (Lipinski definition) is 2. The van der Waals surface area contributed by atoms with E-state index in [4.69, 9.17) is 9.47 Å². The predicted molar refractivity (Wildman–Crippen MR) is 128 cm³/mol. The van der Waals surface area contributed by atoms with Gasteiger partial charge in [-0.2, -0.15) is 0 Å². The topological polar surface area (TPSA) is 67.8 Å². The zero-order chi connectivity index (χ0) is 22.4. The van der Waals surface area contributed by atoms with Crippen LogP contribution in [0, 0.1) is 5.92 Å². The lowest BCUT2D eigenvalue weighted by molar-refractivity contribution is 0.0931.